The molecule has 188 valence electrons. The molecule has 4 aromatic rings. The van der Waals surface area contributed by atoms with E-state index in [1.807, 2.05) is 41.2 Å². The number of nitrogens with zero attached hydrogens (tertiary/aromatic N) is 2. The standard InChI is InChI=1S/C28H33N5O3/c1-18(34)31-25-23-15-21(32-20-9-5-3-4-6-10-20)17-30-27(23)33(26(25)28(35)36-2)14-13-19-16-29-24-12-8-7-11-22(19)24/h7-8,11-12,15-17,20,29,32H,3-6,9-10,13-14H2,1-2H3,(H,31,34). The van der Waals surface area contributed by atoms with Gasteiger partial charge in [-0.15, -0.1) is 0 Å². The number of anilines is 2. The van der Waals surface area contributed by atoms with Crippen LogP contribution in [0.4, 0.5) is 11.4 Å². The molecule has 0 atom stereocenters. The highest BCUT2D eigenvalue weighted by molar-refractivity contribution is 6.11. The van der Waals surface area contributed by atoms with Gasteiger partial charge in [0.1, 0.15) is 5.65 Å². The topological polar surface area (TPSA) is 101 Å². The van der Waals surface area contributed by atoms with Crippen molar-refractivity contribution in [3.8, 4) is 0 Å². The highest BCUT2D eigenvalue weighted by atomic mass is 16.5. The smallest absolute Gasteiger partial charge is 0.356 e. The molecule has 1 amide bonds. The van der Waals surface area contributed by atoms with Gasteiger partial charge in [0.2, 0.25) is 5.91 Å². The summed E-state index contributed by atoms with van der Waals surface area (Å²) < 4.78 is 7.01. The molecule has 3 heterocycles. The van der Waals surface area contributed by atoms with Gasteiger partial charge in [0, 0.05) is 42.0 Å². The first-order valence-corrected chi connectivity index (χ1v) is 12.7. The number of fused-ring (bicyclic) bond motifs is 2. The van der Waals surface area contributed by atoms with Crippen molar-refractivity contribution in [1.29, 1.82) is 0 Å². The summed E-state index contributed by atoms with van der Waals surface area (Å²) in [6.45, 7) is 1.95. The summed E-state index contributed by atoms with van der Waals surface area (Å²) in [5.74, 6) is -0.757. The van der Waals surface area contributed by atoms with Crippen LogP contribution in [0.1, 0.15) is 61.5 Å². The molecule has 1 aliphatic carbocycles. The normalized spacial score (nSPS) is 14.6. The number of aromatic amines is 1. The first-order valence-electron chi connectivity index (χ1n) is 12.7. The minimum atomic E-state index is -0.506. The van der Waals surface area contributed by atoms with Crippen molar-refractivity contribution in [2.24, 2.45) is 0 Å². The predicted octanol–water partition coefficient (Wildman–Crippen LogP) is 5.64. The molecule has 0 saturated heterocycles. The van der Waals surface area contributed by atoms with Gasteiger partial charge in [-0.05, 0) is 37.0 Å². The summed E-state index contributed by atoms with van der Waals surface area (Å²) in [6.07, 6.45) is 11.8. The molecule has 0 unspecified atom stereocenters. The Morgan fingerprint density at radius 2 is 1.92 bits per heavy atom. The van der Waals surface area contributed by atoms with Gasteiger partial charge in [-0.3, -0.25) is 4.79 Å². The van der Waals surface area contributed by atoms with Gasteiger partial charge < -0.3 is 24.9 Å². The molecular weight excluding hydrogens is 454 g/mol. The largest absolute Gasteiger partial charge is 0.464 e. The Bertz CT molecular complexity index is 1400. The molecule has 1 fully saturated rings. The van der Waals surface area contributed by atoms with E-state index in [1.54, 1.807) is 0 Å². The van der Waals surface area contributed by atoms with Crippen LogP contribution in [-0.2, 0) is 22.5 Å². The number of methoxy groups -OCH3 is 1. The number of carbonyl (C=O) groups excluding carboxylic acids is 2. The van der Waals surface area contributed by atoms with Gasteiger partial charge in [0.25, 0.3) is 0 Å². The number of rotatable bonds is 7. The van der Waals surface area contributed by atoms with Gasteiger partial charge in [0.05, 0.1) is 24.7 Å². The van der Waals surface area contributed by atoms with E-state index in [0.29, 0.717) is 36.0 Å². The number of carbonyl (C=O) groups is 2. The molecule has 5 rings (SSSR count). The highest BCUT2D eigenvalue weighted by Gasteiger charge is 2.26. The average molecular weight is 488 g/mol. The van der Waals surface area contributed by atoms with E-state index in [4.69, 9.17) is 9.72 Å². The number of aromatic nitrogens is 3. The maximum atomic E-state index is 13.0. The molecule has 36 heavy (non-hydrogen) atoms. The fourth-order valence-electron chi connectivity index (χ4n) is 5.36. The number of H-pyrrole nitrogens is 1. The second-order valence-electron chi connectivity index (χ2n) is 9.59. The van der Waals surface area contributed by atoms with E-state index >= 15 is 0 Å². The zero-order chi connectivity index (χ0) is 25.1. The summed E-state index contributed by atoms with van der Waals surface area (Å²) in [5, 5.41) is 8.39. The third-order valence-electron chi connectivity index (χ3n) is 7.08. The van der Waals surface area contributed by atoms with Crippen molar-refractivity contribution in [3.05, 3.63) is 54.0 Å². The Kier molecular flexibility index (Phi) is 6.93. The predicted molar refractivity (Wildman–Crippen MR) is 142 cm³/mol. The van der Waals surface area contributed by atoms with Gasteiger partial charge in [-0.1, -0.05) is 43.9 Å². The van der Waals surface area contributed by atoms with Gasteiger partial charge >= 0.3 is 5.97 Å². The Hall–Kier alpha value is -3.81. The number of esters is 1. The lowest BCUT2D eigenvalue weighted by atomic mass is 10.1. The maximum Gasteiger partial charge on any atom is 0.356 e. The zero-order valence-electron chi connectivity index (χ0n) is 20.9. The van der Waals surface area contributed by atoms with Crippen LogP contribution in [0.3, 0.4) is 0 Å². The van der Waals surface area contributed by atoms with Crippen LogP contribution < -0.4 is 10.6 Å². The summed E-state index contributed by atoms with van der Waals surface area (Å²) in [4.78, 5) is 33.2. The third-order valence-corrected chi connectivity index (χ3v) is 7.08. The SMILES string of the molecule is COC(=O)c1c(NC(C)=O)c2cc(NC3CCCCCC3)cnc2n1CCc1c[nH]c2ccccc12. The Labute approximate surface area is 210 Å². The maximum absolute atomic E-state index is 13.0. The zero-order valence-corrected chi connectivity index (χ0v) is 20.9. The number of amides is 1. The van der Waals surface area contributed by atoms with E-state index < -0.39 is 5.97 Å². The first kappa shape index (κ1) is 23.9. The number of pyridine rings is 1. The molecular formula is C28H33N5O3. The van der Waals surface area contributed by atoms with Gasteiger partial charge in [0.15, 0.2) is 5.69 Å². The Morgan fingerprint density at radius 1 is 1.14 bits per heavy atom. The second-order valence-corrected chi connectivity index (χ2v) is 9.59. The van der Waals surface area contributed by atoms with Gasteiger partial charge in [-0.2, -0.15) is 0 Å². The van der Waals surface area contributed by atoms with Crippen LogP contribution in [0.2, 0.25) is 0 Å². The summed E-state index contributed by atoms with van der Waals surface area (Å²) in [6, 6.07) is 10.5. The van der Waals surface area contributed by atoms with Crippen LogP contribution in [0.25, 0.3) is 21.9 Å². The molecule has 1 aromatic carbocycles. The minimum Gasteiger partial charge on any atom is -0.464 e. The van der Waals surface area contributed by atoms with Crippen molar-refractivity contribution in [2.45, 2.75) is 64.5 Å². The summed E-state index contributed by atoms with van der Waals surface area (Å²) in [5.41, 5.74) is 4.51. The van der Waals surface area contributed by atoms with Crippen LogP contribution in [0.5, 0.6) is 0 Å². The molecule has 1 aliphatic rings. The van der Waals surface area contributed by atoms with E-state index in [9.17, 15) is 9.59 Å². The van der Waals surface area contributed by atoms with Crippen LogP contribution in [0.15, 0.2) is 42.7 Å². The Balaban J connectivity index is 1.55. The average Bonchev–Trinajstić information content (AvgIpc) is 3.30. The number of nitrogens with one attached hydrogen (secondary N) is 3. The number of ether oxygens (including phenoxy) is 1. The quantitative estimate of drug-likeness (QED) is 0.231. The molecule has 8 nitrogen and oxygen atoms in total. The second kappa shape index (κ2) is 10.4. The molecule has 0 spiro atoms. The highest BCUT2D eigenvalue weighted by Crippen LogP contribution is 2.34. The van der Waals surface area contributed by atoms with E-state index in [-0.39, 0.29) is 5.91 Å². The Morgan fingerprint density at radius 3 is 2.67 bits per heavy atom. The lowest BCUT2D eigenvalue weighted by Gasteiger charge is -2.17. The van der Waals surface area contributed by atoms with Crippen molar-refractivity contribution >= 4 is 45.2 Å². The lowest BCUT2D eigenvalue weighted by Crippen LogP contribution is -2.18. The summed E-state index contributed by atoms with van der Waals surface area (Å²) >= 11 is 0. The number of aryl methyl sites for hydroxylation is 2. The monoisotopic (exact) mass is 487 g/mol. The van der Waals surface area contributed by atoms with Crippen LogP contribution >= 0.6 is 0 Å². The van der Waals surface area contributed by atoms with E-state index in [2.05, 4.69) is 21.7 Å². The van der Waals surface area contributed by atoms with Crippen molar-refractivity contribution in [1.82, 2.24) is 14.5 Å². The van der Waals surface area contributed by atoms with E-state index in [0.717, 1.165) is 40.4 Å². The number of hydrogen-bond acceptors (Lipinski definition) is 5. The molecule has 0 radical (unpaired) electrons. The van der Waals surface area contributed by atoms with Crippen molar-refractivity contribution < 1.29 is 14.3 Å². The number of benzene rings is 1. The fraction of sp³-hybridized carbons (Fsp3) is 0.393. The van der Waals surface area contributed by atoms with Crippen molar-refractivity contribution in [3.63, 3.8) is 0 Å². The molecule has 3 N–H and O–H groups in total. The minimum absolute atomic E-state index is 0.252. The molecule has 0 aliphatic heterocycles. The van der Waals surface area contributed by atoms with E-state index in [1.165, 1.54) is 39.7 Å². The molecule has 1 saturated carbocycles. The lowest BCUT2D eigenvalue weighted by molar-refractivity contribution is -0.114. The molecule has 8 heteroatoms. The number of para-hydroxylation sites is 1. The molecule has 0 bridgehead atoms. The van der Waals surface area contributed by atoms with Crippen LogP contribution in [0, 0.1) is 0 Å². The van der Waals surface area contributed by atoms with Crippen molar-refractivity contribution in [2.75, 3.05) is 17.7 Å². The first-order chi connectivity index (χ1) is 17.5. The number of hydrogen-bond donors (Lipinski definition) is 3. The van der Waals surface area contributed by atoms with Crippen LogP contribution in [-0.4, -0.2) is 39.6 Å². The third kappa shape index (κ3) is 4.80. The fourth-order valence-corrected chi connectivity index (χ4v) is 5.36. The van der Waals surface area contributed by atoms with Gasteiger partial charge in [-0.25, -0.2) is 9.78 Å². The molecule has 3 aromatic heterocycles. The summed E-state index contributed by atoms with van der Waals surface area (Å²) in [7, 11) is 1.36.